The molecule has 0 radical (unpaired) electrons. The fourth-order valence-corrected chi connectivity index (χ4v) is 1.88. The lowest BCUT2D eigenvalue weighted by molar-refractivity contribution is -0.154. The lowest BCUT2D eigenvalue weighted by atomic mass is 10.1. The molecular weight excluding hydrogens is 258 g/mol. The van der Waals surface area contributed by atoms with Crippen molar-refractivity contribution in [2.45, 2.75) is 13.0 Å². The molecule has 0 bridgehead atoms. The van der Waals surface area contributed by atoms with Crippen LogP contribution >= 0.6 is 0 Å². The molecule has 5 heteroatoms. The summed E-state index contributed by atoms with van der Waals surface area (Å²) in [7, 11) is 3.23. The topological polar surface area (TPSA) is 55.8 Å². The molecule has 0 saturated heterocycles. The van der Waals surface area contributed by atoms with Crippen LogP contribution in [0.15, 0.2) is 29.8 Å². The number of benzene rings is 1. The van der Waals surface area contributed by atoms with Crippen molar-refractivity contribution in [2.75, 3.05) is 20.7 Å². The number of nitrogens with zero attached hydrogens (tertiary/aromatic N) is 1. The second-order valence-electron chi connectivity index (χ2n) is 4.78. The maximum absolute atomic E-state index is 12.0. The second kappa shape index (κ2) is 5.77. The van der Waals surface area contributed by atoms with Crippen molar-refractivity contribution in [1.29, 1.82) is 0 Å². The predicted molar refractivity (Wildman–Crippen MR) is 74.2 cm³/mol. The summed E-state index contributed by atoms with van der Waals surface area (Å²) < 4.78 is 10.6. The Hall–Kier alpha value is -2.30. The van der Waals surface area contributed by atoms with Gasteiger partial charge in [0, 0.05) is 19.7 Å². The number of ether oxygens (including phenoxy) is 2. The van der Waals surface area contributed by atoms with Gasteiger partial charge in [0.05, 0.1) is 5.57 Å². The number of carbonyl (C=O) groups excluding carboxylic acids is 2. The van der Waals surface area contributed by atoms with E-state index in [9.17, 15) is 9.59 Å². The van der Waals surface area contributed by atoms with Crippen LogP contribution in [-0.4, -0.2) is 43.6 Å². The molecule has 0 spiro atoms. The third kappa shape index (κ3) is 2.99. The molecule has 1 atom stereocenters. The Balaban J connectivity index is 2.08. The molecule has 0 aliphatic carbocycles. The van der Waals surface area contributed by atoms with Crippen molar-refractivity contribution in [1.82, 2.24) is 4.90 Å². The van der Waals surface area contributed by atoms with Gasteiger partial charge in [0.25, 0.3) is 5.91 Å². The van der Waals surface area contributed by atoms with Crippen molar-refractivity contribution in [3.63, 3.8) is 0 Å². The molecule has 1 amide bonds. The first kappa shape index (κ1) is 14.1. The van der Waals surface area contributed by atoms with E-state index in [-0.39, 0.29) is 12.5 Å². The van der Waals surface area contributed by atoms with Crippen LogP contribution in [0.3, 0.4) is 0 Å². The third-order valence-electron chi connectivity index (χ3n) is 2.97. The molecular formula is C15H17NO4. The first-order valence-electron chi connectivity index (χ1n) is 6.33. The van der Waals surface area contributed by atoms with Crippen LogP contribution in [0.2, 0.25) is 0 Å². The van der Waals surface area contributed by atoms with E-state index in [0.717, 1.165) is 11.3 Å². The van der Waals surface area contributed by atoms with Gasteiger partial charge >= 0.3 is 5.97 Å². The summed E-state index contributed by atoms with van der Waals surface area (Å²) in [6, 6.07) is 7.43. The number of fused-ring (bicyclic) bond motifs is 1. The summed E-state index contributed by atoms with van der Waals surface area (Å²) >= 11 is 0. The van der Waals surface area contributed by atoms with Crippen LogP contribution in [0.5, 0.6) is 5.75 Å². The number of esters is 1. The van der Waals surface area contributed by atoms with Gasteiger partial charge in [-0.25, -0.2) is 4.79 Å². The van der Waals surface area contributed by atoms with Crippen LogP contribution in [0.25, 0.3) is 6.08 Å². The van der Waals surface area contributed by atoms with Gasteiger partial charge in [-0.3, -0.25) is 4.79 Å². The standard InChI is InChI=1S/C15H17NO4/c1-10(14(17)16(2)3)20-15(18)12-8-11-6-4-5-7-13(11)19-9-12/h4-8,10H,9H2,1-3H3/t10-/m0/s1. The number of hydrogen-bond donors (Lipinski definition) is 0. The number of carbonyl (C=O) groups is 2. The third-order valence-corrected chi connectivity index (χ3v) is 2.97. The Morgan fingerprint density at radius 1 is 1.30 bits per heavy atom. The molecule has 1 heterocycles. The number of para-hydroxylation sites is 1. The molecule has 0 N–H and O–H groups in total. The SMILES string of the molecule is C[C@H](OC(=O)C1=Cc2ccccc2OC1)C(=O)N(C)C. The minimum absolute atomic E-state index is 0.152. The zero-order valence-electron chi connectivity index (χ0n) is 11.8. The summed E-state index contributed by atoms with van der Waals surface area (Å²) in [6.45, 7) is 1.71. The summed E-state index contributed by atoms with van der Waals surface area (Å²) in [5.74, 6) is -0.0419. The molecule has 1 aliphatic heterocycles. The highest BCUT2D eigenvalue weighted by Gasteiger charge is 2.23. The van der Waals surface area contributed by atoms with Gasteiger partial charge < -0.3 is 14.4 Å². The molecule has 0 fully saturated rings. The predicted octanol–water partition coefficient (Wildman–Crippen LogP) is 1.48. The van der Waals surface area contributed by atoms with E-state index in [1.165, 1.54) is 4.90 Å². The summed E-state index contributed by atoms with van der Waals surface area (Å²) in [4.78, 5) is 25.0. The van der Waals surface area contributed by atoms with E-state index >= 15 is 0 Å². The molecule has 20 heavy (non-hydrogen) atoms. The highest BCUT2D eigenvalue weighted by molar-refractivity contribution is 5.96. The quantitative estimate of drug-likeness (QED) is 0.784. The molecule has 2 rings (SSSR count). The van der Waals surface area contributed by atoms with Crippen molar-refractivity contribution < 1.29 is 19.1 Å². The molecule has 1 aromatic rings. The Morgan fingerprint density at radius 3 is 2.70 bits per heavy atom. The maximum atomic E-state index is 12.0. The molecule has 5 nitrogen and oxygen atoms in total. The minimum Gasteiger partial charge on any atom is -0.488 e. The fraction of sp³-hybridized carbons (Fsp3) is 0.333. The van der Waals surface area contributed by atoms with Gasteiger partial charge in [0.1, 0.15) is 12.4 Å². The van der Waals surface area contributed by atoms with E-state index in [1.807, 2.05) is 24.3 Å². The Kier molecular flexibility index (Phi) is 4.08. The molecule has 0 unspecified atom stereocenters. The smallest absolute Gasteiger partial charge is 0.338 e. The molecule has 1 aromatic carbocycles. The Morgan fingerprint density at radius 2 is 2.00 bits per heavy atom. The van der Waals surface area contributed by atoms with Gasteiger partial charge in [-0.15, -0.1) is 0 Å². The number of hydrogen-bond acceptors (Lipinski definition) is 4. The van der Waals surface area contributed by atoms with E-state index in [1.54, 1.807) is 27.1 Å². The molecule has 0 aromatic heterocycles. The Bertz CT molecular complexity index is 563. The second-order valence-corrected chi connectivity index (χ2v) is 4.78. The van der Waals surface area contributed by atoms with Crippen LogP contribution in [0.1, 0.15) is 12.5 Å². The fourth-order valence-electron chi connectivity index (χ4n) is 1.88. The van der Waals surface area contributed by atoms with Crippen molar-refractivity contribution in [3.8, 4) is 5.75 Å². The zero-order valence-corrected chi connectivity index (χ0v) is 11.8. The monoisotopic (exact) mass is 275 g/mol. The summed E-state index contributed by atoms with van der Waals surface area (Å²) in [5, 5.41) is 0. The van der Waals surface area contributed by atoms with Gasteiger partial charge in [-0.05, 0) is 19.1 Å². The van der Waals surface area contributed by atoms with Crippen LogP contribution in [-0.2, 0) is 14.3 Å². The summed E-state index contributed by atoms with van der Waals surface area (Å²) in [6.07, 6.45) is 0.921. The van der Waals surface area contributed by atoms with Crippen molar-refractivity contribution in [2.24, 2.45) is 0 Å². The van der Waals surface area contributed by atoms with Crippen LogP contribution in [0.4, 0.5) is 0 Å². The minimum atomic E-state index is -0.810. The van der Waals surface area contributed by atoms with Crippen LogP contribution in [0, 0.1) is 0 Å². The van der Waals surface area contributed by atoms with E-state index in [4.69, 9.17) is 9.47 Å². The highest BCUT2D eigenvalue weighted by Crippen LogP contribution is 2.26. The van der Waals surface area contributed by atoms with Crippen molar-refractivity contribution >= 4 is 18.0 Å². The van der Waals surface area contributed by atoms with E-state index < -0.39 is 12.1 Å². The van der Waals surface area contributed by atoms with Gasteiger partial charge in [0.2, 0.25) is 0 Å². The van der Waals surface area contributed by atoms with Crippen LogP contribution < -0.4 is 4.74 Å². The molecule has 0 saturated carbocycles. The van der Waals surface area contributed by atoms with E-state index in [0.29, 0.717) is 5.57 Å². The van der Waals surface area contributed by atoms with Gasteiger partial charge in [-0.1, -0.05) is 18.2 Å². The highest BCUT2D eigenvalue weighted by atomic mass is 16.6. The number of likely N-dealkylation sites (N-methyl/N-ethyl adjacent to an activating group) is 1. The number of amides is 1. The number of rotatable bonds is 3. The first-order chi connectivity index (χ1) is 9.49. The average Bonchev–Trinajstić information content (AvgIpc) is 2.45. The lowest BCUT2D eigenvalue weighted by Crippen LogP contribution is -2.35. The molecule has 106 valence electrons. The zero-order chi connectivity index (χ0) is 14.7. The first-order valence-corrected chi connectivity index (χ1v) is 6.33. The lowest BCUT2D eigenvalue weighted by Gasteiger charge is -2.20. The van der Waals surface area contributed by atoms with Gasteiger partial charge in [-0.2, -0.15) is 0 Å². The van der Waals surface area contributed by atoms with E-state index in [2.05, 4.69) is 0 Å². The summed E-state index contributed by atoms with van der Waals surface area (Å²) in [5.41, 5.74) is 1.24. The Labute approximate surface area is 117 Å². The normalized spacial score (nSPS) is 14.4. The van der Waals surface area contributed by atoms with Crippen molar-refractivity contribution in [3.05, 3.63) is 35.4 Å². The molecule has 1 aliphatic rings. The van der Waals surface area contributed by atoms with Gasteiger partial charge in [0.15, 0.2) is 6.10 Å². The maximum Gasteiger partial charge on any atom is 0.338 e. The largest absolute Gasteiger partial charge is 0.488 e. The average molecular weight is 275 g/mol.